The quantitative estimate of drug-likeness (QED) is 0.870. The number of carbonyl (C=O) groups excluding carboxylic acids is 1. The number of benzene rings is 1. The van der Waals surface area contributed by atoms with Gasteiger partial charge in [0.25, 0.3) is 0 Å². The zero-order valence-electron chi connectivity index (χ0n) is 14.4. The Morgan fingerprint density at radius 3 is 2.81 bits per heavy atom. The average Bonchev–Trinajstić information content (AvgIpc) is 3.31. The summed E-state index contributed by atoms with van der Waals surface area (Å²) in [6, 6.07) is 3.96. The van der Waals surface area contributed by atoms with Gasteiger partial charge in [0.2, 0.25) is 5.89 Å². The normalized spacial score (nSPS) is 15.6. The highest BCUT2D eigenvalue weighted by molar-refractivity contribution is 5.74. The van der Waals surface area contributed by atoms with Crippen molar-refractivity contribution in [2.45, 2.75) is 44.4 Å². The summed E-state index contributed by atoms with van der Waals surface area (Å²) >= 11 is 0. The molecule has 2 amide bonds. The van der Waals surface area contributed by atoms with Crippen LogP contribution in [0.25, 0.3) is 0 Å². The van der Waals surface area contributed by atoms with Gasteiger partial charge in [0.05, 0.1) is 5.56 Å². The first-order chi connectivity index (χ1) is 12.2. The molecule has 0 radical (unpaired) electrons. The van der Waals surface area contributed by atoms with Crippen molar-refractivity contribution in [2.75, 3.05) is 7.05 Å². The van der Waals surface area contributed by atoms with Crippen LogP contribution in [-0.2, 0) is 12.7 Å². The van der Waals surface area contributed by atoms with E-state index in [0.717, 1.165) is 25.0 Å². The van der Waals surface area contributed by atoms with Gasteiger partial charge in [0, 0.05) is 19.5 Å². The molecule has 6 nitrogen and oxygen atoms in total. The third-order valence-corrected chi connectivity index (χ3v) is 4.13. The number of alkyl halides is 3. The maximum absolute atomic E-state index is 12.8. The molecule has 1 aliphatic carbocycles. The van der Waals surface area contributed by atoms with E-state index in [4.69, 9.17) is 4.52 Å². The van der Waals surface area contributed by atoms with Crippen LogP contribution in [0.2, 0.25) is 0 Å². The number of urea groups is 1. The molecule has 1 heterocycles. The summed E-state index contributed by atoms with van der Waals surface area (Å²) in [5.74, 6) is 1.31. The topological polar surface area (TPSA) is 71.3 Å². The van der Waals surface area contributed by atoms with Crippen molar-refractivity contribution in [3.63, 3.8) is 0 Å². The highest BCUT2D eigenvalue weighted by Crippen LogP contribution is 2.38. The van der Waals surface area contributed by atoms with Crippen LogP contribution in [0, 0.1) is 0 Å². The van der Waals surface area contributed by atoms with Gasteiger partial charge >= 0.3 is 12.2 Å². The summed E-state index contributed by atoms with van der Waals surface area (Å²) in [5.41, 5.74) is -0.352. The smallest absolute Gasteiger partial charge is 0.337 e. The van der Waals surface area contributed by atoms with E-state index in [0.29, 0.717) is 23.2 Å². The molecule has 1 aromatic carbocycles. The van der Waals surface area contributed by atoms with Crippen molar-refractivity contribution in [3.8, 4) is 0 Å². The SMILES string of the molecule is CC(NC(=O)N(C)Cc1cccc(C(F)(F)F)c1)c1nc(C2CC2)no1. The molecule has 2 aromatic rings. The molecule has 0 saturated heterocycles. The lowest BCUT2D eigenvalue weighted by Gasteiger charge is -2.20. The standard InChI is InChI=1S/C17H19F3N4O2/c1-10(15-22-14(23-26-15)12-6-7-12)21-16(25)24(2)9-11-4-3-5-13(8-11)17(18,19)20/h3-5,8,10,12H,6-7,9H2,1-2H3,(H,21,25). The summed E-state index contributed by atoms with van der Waals surface area (Å²) in [6.07, 6.45) is -2.33. The molecule has 0 aliphatic heterocycles. The van der Waals surface area contributed by atoms with E-state index in [1.54, 1.807) is 13.0 Å². The Labute approximate surface area is 148 Å². The van der Waals surface area contributed by atoms with Crippen molar-refractivity contribution in [1.29, 1.82) is 0 Å². The van der Waals surface area contributed by atoms with E-state index >= 15 is 0 Å². The molecule has 1 aliphatic rings. The van der Waals surface area contributed by atoms with Gasteiger partial charge in [-0.2, -0.15) is 18.2 Å². The zero-order chi connectivity index (χ0) is 18.9. The molecule has 1 saturated carbocycles. The molecule has 1 unspecified atom stereocenters. The van der Waals surface area contributed by atoms with Crippen molar-refractivity contribution in [1.82, 2.24) is 20.4 Å². The lowest BCUT2D eigenvalue weighted by Crippen LogP contribution is -2.38. The van der Waals surface area contributed by atoms with E-state index < -0.39 is 23.8 Å². The third-order valence-electron chi connectivity index (χ3n) is 4.13. The number of halogens is 3. The maximum atomic E-state index is 12.8. The molecule has 26 heavy (non-hydrogen) atoms. The minimum absolute atomic E-state index is 0.0413. The predicted molar refractivity (Wildman–Crippen MR) is 86.1 cm³/mol. The van der Waals surface area contributed by atoms with Crippen molar-refractivity contribution < 1.29 is 22.5 Å². The summed E-state index contributed by atoms with van der Waals surface area (Å²) in [6.45, 7) is 1.75. The maximum Gasteiger partial charge on any atom is 0.416 e. The summed E-state index contributed by atoms with van der Waals surface area (Å²) < 4.78 is 43.5. The number of aromatic nitrogens is 2. The van der Waals surface area contributed by atoms with Gasteiger partial charge < -0.3 is 14.7 Å². The number of nitrogens with one attached hydrogen (secondary N) is 1. The van der Waals surface area contributed by atoms with E-state index in [1.165, 1.54) is 18.0 Å². The van der Waals surface area contributed by atoms with Crippen LogP contribution in [0.5, 0.6) is 0 Å². The second-order valence-electron chi connectivity index (χ2n) is 6.49. The first kappa shape index (κ1) is 18.2. The van der Waals surface area contributed by atoms with Crippen LogP contribution in [0.15, 0.2) is 28.8 Å². The fourth-order valence-electron chi connectivity index (χ4n) is 2.48. The molecule has 1 N–H and O–H groups in total. The van der Waals surface area contributed by atoms with Crippen LogP contribution in [-0.4, -0.2) is 28.1 Å². The second kappa shape index (κ2) is 6.97. The highest BCUT2D eigenvalue weighted by Gasteiger charge is 2.31. The van der Waals surface area contributed by atoms with Crippen LogP contribution >= 0.6 is 0 Å². The number of carbonyl (C=O) groups is 1. The Morgan fingerprint density at radius 1 is 1.42 bits per heavy atom. The number of rotatable bonds is 5. The van der Waals surface area contributed by atoms with Gasteiger partial charge in [-0.25, -0.2) is 4.79 Å². The van der Waals surface area contributed by atoms with Crippen molar-refractivity contribution >= 4 is 6.03 Å². The fourth-order valence-corrected chi connectivity index (χ4v) is 2.48. The van der Waals surface area contributed by atoms with Gasteiger partial charge in [0.15, 0.2) is 5.82 Å². The lowest BCUT2D eigenvalue weighted by atomic mass is 10.1. The average molecular weight is 368 g/mol. The Balaban J connectivity index is 1.58. The van der Waals surface area contributed by atoms with E-state index in [-0.39, 0.29) is 6.54 Å². The number of hydrogen-bond donors (Lipinski definition) is 1. The molecule has 0 bridgehead atoms. The van der Waals surface area contributed by atoms with Crippen LogP contribution < -0.4 is 5.32 Å². The summed E-state index contributed by atoms with van der Waals surface area (Å²) in [7, 11) is 1.51. The van der Waals surface area contributed by atoms with Gasteiger partial charge in [-0.3, -0.25) is 0 Å². The molecule has 1 atom stereocenters. The van der Waals surface area contributed by atoms with E-state index in [2.05, 4.69) is 15.5 Å². The molecular formula is C17H19F3N4O2. The molecule has 9 heteroatoms. The lowest BCUT2D eigenvalue weighted by molar-refractivity contribution is -0.137. The van der Waals surface area contributed by atoms with Crippen LogP contribution in [0.3, 0.4) is 0 Å². The first-order valence-corrected chi connectivity index (χ1v) is 8.25. The number of nitrogens with zero attached hydrogens (tertiary/aromatic N) is 3. The predicted octanol–water partition coefficient (Wildman–Crippen LogP) is 3.87. The van der Waals surface area contributed by atoms with Gasteiger partial charge in [0.1, 0.15) is 6.04 Å². The third kappa shape index (κ3) is 4.33. The van der Waals surface area contributed by atoms with E-state index in [9.17, 15) is 18.0 Å². The largest absolute Gasteiger partial charge is 0.416 e. The van der Waals surface area contributed by atoms with Gasteiger partial charge in [-0.15, -0.1) is 0 Å². The highest BCUT2D eigenvalue weighted by atomic mass is 19.4. The molecule has 3 rings (SSSR count). The Hall–Kier alpha value is -2.58. The monoisotopic (exact) mass is 368 g/mol. The molecular weight excluding hydrogens is 349 g/mol. The van der Waals surface area contributed by atoms with Gasteiger partial charge in [-0.05, 0) is 37.5 Å². The second-order valence-corrected chi connectivity index (χ2v) is 6.49. The Morgan fingerprint density at radius 2 is 2.15 bits per heavy atom. The summed E-state index contributed by atoms with van der Waals surface area (Å²) in [5, 5.41) is 6.60. The molecule has 0 spiro atoms. The minimum atomic E-state index is -4.41. The Bertz CT molecular complexity index is 786. The van der Waals surface area contributed by atoms with Crippen molar-refractivity contribution in [2.24, 2.45) is 0 Å². The van der Waals surface area contributed by atoms with E-state index in [1.807, 2.05) is 0 Å². The van der Waals surface area contributed by atoms with Crippen LogP contribution in [0.4, 0.5) is 18.0 Å². The minimum Gasteiger partial charge on any atom is -0.337 e. The van der Waals surface area contributed by atoms with Crippen molar-refractivity contribution in [3.05, 3.63) is 47.1 Å². The molecule has 1 fully saturated rings. The number of amides is 2. The Kier molecular flexibility index (Phi) is 4.88. The summed E-state index contributed by atoms with van der Waals surface area (Å²) in [4.78, 5) is 17.8. The molecule has 140 valence electrons. The molecule has 1 aromatic heterocycles. The van der Waals surface area contributed by atoms with Gasteiger partial charge in [-0.1, -0.05) is 17.3 Å². The fraction of sp³-hybridized carbons (Fsp3) is 0.471. The first-order valence-electron chi connectivity index (χ1n) is 8.25. The zero-order valence-corrected chi connectivity index (χ0v) is 14.4. The number of hydrogen-bond acceptors (Lipinski definition) is 4. The van der Waals surface area contributed by atoms with Crippen LogP contribution in [0.1, 0.15) is 54.6 Å².